The van der Waals surface area contributed by atoms with E-state index in [9.17, 15) is 4.79 Å². The average Bonchev–Trinajstić information content (AvgIpc) is 2.56. The molecule has 0 saturated carbocycles. The van der Waals surface area contributed by atoms with E-state index in [0.29, 0.717) is 4.88 Å². The molecule has 82 valence electrons. The van der Waals surface area contributed by atoms with Gasteiger partial charge in [0.15, 0.2) is 0 Å². The Hall–Kier alpha value is -1.61. The van der Waals surface area contributed by atoms with Gasteiger partial charge in [0.1, 0.15) is 0 Å². The lowest BCUT2D eigenvalue weighted by Crippen LogP contribution is -2.10. The molecule has 16 heavy (non-hydrogen) atoms. The van der Waals surface area contributed by atoms with Gasteiger partial charge in [0.2, 0.25) is 0 Å². The first-order chi connectivity index (χ1) is 7.61. The standard InChI is InChI=1S/C13H13NOS/c1-8-11(10-6-4-3-5-7-10)9(2)16-12(8)13(14)15/h3-7H,1-2H3,(H2,14,15). The maximum Gasteiger partial charge on any atom is 0.259 e. The summed E-state index contributed by atoms with van der Waals surface area (Å²) < 4.78 is 0. The van der Waals surface area contributed by atoms with Crippen molar-refractivity contribution < 1.29 is 4.79 Å². The van der Waals surface area contributed by atoms with Crippen LogP contribution in [0.25, 0.3) is 11.1 Å². The highest BCUT2D eigenvalue weighted by atomic mass is 32.1. The molecule has 0 aliphatic heterocycles. The fourth-order valence-electron chi connectivity index (χ4n) is 1.92. The summed E-state index contributed by atoms with van der Waals surface area (Å²) in [7, 11) is 0. The van der Waals surface area contributed by atoms with E-state index >= 15 is 0 Å². The Bertz CT molecular complexity index is 528. The molecule has 0 unspecified atom stereocenters. The minimum absolute atomic E-state index is 0.340. The lowest BCUT2D eigenvalue weighted by molar-refractivity contribution is 0.100. The van der Waals surface area contributed by atoms with Crippen LogP contribution in [0.3, 0.4) is 0 Å². The lowest BCUT2D eigenvalue weighted by atomic mass is 10.0. The van der Waals surface area contributed by atoms with Crippen molar-refractivity contribution in [1.82, 2.24) is 0 Å². The van der Waals surface area contributed by atoms with Crippen LogP contribution >= 0.6 is 11.3 Å². The molecule has 1 aromatic carbocycles. The van der Waals surface area contributed by atoms with Gasteiger partial charge in [0, 0.05) is 4.88 Å². The number of benzene rings is 1. The SMILES string of the molecule is Cc1sc(C(N)=O)c(C)c1-c1ccccc1. The van der Waals surface area contributed by atoms with E-state index in [2.05, 4.69) is 0 Å². The van der Waals surface area contributed by atoms with E-state index in [1.54, 1.807) is 0 Å². The molecule has 0 saturated heterocycles. The smallest absolute Gasteiger partial charge is 0.259 e. The molecule has 0 aliphatic rings. The summed E-state index contributed by atoms with van der Waals surface area (Å²) in [6.45, 7) is 3.97. The van der Waals surface area contributed by atoms with Gasteiger partial charge in [0.25, 0.3) is 5.91 Å². The third-order valence-corrected chi connectivity index (χ3v) is 3.83. The first kappa shape index (κ1) is 10.9. The molecule has 2 N–H and O–H groups in total. The Kier molecular flexibility index (Phi) is 2.79. The van der Waals surface area contributed by atoms with Crippen LogP contribution in [0.2, 0.25) is 0 Å². The van der Waals surface area contributed by atoms with Gasteiger partial charge in [-0.3, -0.25) is 4.79 Å². The number of hydrogen-bond acceptors (Lipinski definition) is 2. The zero-order valence-corrected chi connectivity index (χ0v) is 10.1. The highest BCUT2D eigenvalue weighted by Crippen LogP contribution is 2.35. The Balaban J connectivity index is 2.63. The van der Waals surface area contributed by atoms with Crippen LogP contribution in [-0.2, 0) is 0 Å². The van der Waals surface area contributed by atoms with Crippen LogP contribution < -0.4 is 5.73 Å². The Labute approximate surface area is 98.7 Å². The average molecular weight is 231 g/mol. The molecular weight excluding hydrogens is 218 g/mol. The molecule has 3 heteroatoms. The topological polar surface area (TPSA) is 43.1 Å². The number of thiophene rings is 1. The number of primary amides is 1. The van der Waals surface area contributed by atoms with Crippen LogP contribution in [0, 0.1) is 13.8 Å². The summed E-state index contributed by atoms with van der Waals surface area (Å²) in [4.78, 5) is 13.1. The van der Waals surface area contributed by atoms with Gasteiger partial charge in [0.05, 0.1) is 4.88 Å². The molecule has 0 atom stereocenters. The summed E-state index contributed by atoms with van der Waals surface area (Å²) in [6.07, 6.45) is 0. The molecule has 1 aromatic heterocycles. The number of carbonyl (C=O) groups excluding carboxylic acids is 1. The van der Waals surface area contributed by atoms with E-state index in [1.165, 1.54) is 11.3 Å². The number of rotatable bonds is 2. The van der Waals surface area contributed by atoms with Gasteiger partial charge in [-0.25, -0.2) is 0 Å². The van der Waals surface area contributed by atoms with Crippen molar-refractivity contribution >= 4 is 17.2 Å². The van der Waals surface area contributed by atoms with E-state index in [4.69, 9.17) is 5.73 Å². The molecule has 0 aliphatic carbocycles. The fraction of sp³-hybridized carbons (Fsp3) is 0.154. The van der Waals surface area contributed by atoms with Gasteiger partial charge in [-0.05, 0) is 30.5 Å². The Morgan fingerprint density at radius 3 is 2.31 bits per heavy atom. The first-order valence-electron chi connectivity index (χ1n) is 5.06. The van der Waals surface area contributed by atoms with Crippen LogP contribution in [0.5, 0.6) is 0 Å². The second-order valence-electron chi connectivity index (χ2n) is 3.72. The Morgan fingerprint density at radius 2 is 1.81 bits per heavy atom. The predicted molar refractivity (Wildman–Crippen MR) is 67.7 cm³/mol. The molecule has 0 spiro atoms. The third-order valence-electron chi connectivity index (χ3n) is 2.61. The van der Waals surface area contributed by atoms with Crippen molar-refractivity contribution in [2.45, 2.75) is 13.8 Å². The van der Waals surface area contributed by atoms with Gasteiger partial charge < -0.3 is 5.73 Å². The summed E-state index contributed by atoms with van der Waals surface area (Å²) in [6, 6.07) is 10.1. The van der Waals surface area contributed by atoms with Crippen molar-refractivity contribution in [2.75, 3.05) is 0 Å². The fourth-order valence-corrected chi connectivity index (χ4v) is 2.95. The number of aryl methyl sites for hydroxylation is 1. The van der Waals surface area contributed by atoms with E-state index in [-0.39, 0.29) is 5.91 Å². The summed E-state index contributed by atoms with van der Waals surface area (Å²) in [5, 5.41) is 0. The normalized spacial score (nSPS) is 10.4. The molecular formula is C13H13NOS. The van der Waals surface area contributed by atoms with Crippen molar-refractivity contribution in [3.8, 4) is 11.1 Å². The van der Waals surface area contributed by atoms with Crippen LogP contribution in [0.4, 0.5) is 0 Å². The quantitative estimate of drug-likeness (QED) is 0.847. The van der Waals surface area contributed by atoms with Crippen molar-refractivity contribution in [2.24, 2.45) is 5.73 Å². The maximum absolute atomic E-state index is 11.3. The van der Waals surface area contributed by atoms with Crippen molar-refractivity contribution in [1.29, 1.82) is 0 Å². The molecule has 2 nitrogen and oxygen atoms in total. The molecule has 1 amide bonds. The second-order valence-corrected chi connectivity index (χ2v) is 4.94. The Morgan fingerprint density at radius 1 is 1.19 bits per heavy atom. The van der Waals surface area contributed by atoms with E-state index in [1.807, 2.05) is 44.2 Å². The van der Waals surface area contributed by atoms with Crippen LogP contribution in [0.1, 0.15) is 20.1 Å². The summed E-state index contributed by atoms with van der Waals surface area (Å²) in [5.41, 5.74) is 8.61. The molecule has 2 rings (SSSR count). The number of carbonyl (C=O) groups is 1. The van der Waals surface area contributed by atoms with E-state index in [0.717, 1.165) is 21.6 Å². The zero-order valence-electron chi connectivity index (χ0n) is 9.28. The molecule has 0 fully saturated rings. The first-order valence-corrected chi connectivity index (χ1v) is 5.88. The van der Waals surface area contributed by atoms with Gasteiger partial charge in [-0.2, -0.15) is 0 Å². The zero-order chi connectivity index (χ0) is 11.7. The minimum Gasteiger partial charge on any atom is -0.365 e. The summed E-state index contributed by atoms with van der Waals surface area (Å²) in [5.74, 6) is -0.340. The number of hydrogen-bond donors (Lipinski definition) is 1. The highest BCUT2D eigenvalue weighted by Gasteiger charge is 2.16. The van der Waals surface area contributed by atoms with Crippen LogP contribution in [0.15, 0.2) is 30.3 Å². The van der Waals surface area contributed by atoms with Crippen molar-refractivity contribution in [3.63, 3.8) is 0 Å². The monoisotopic (exact) mass is 231 g/mol. The summed E-state index contributed by atoms with van der Waals surface area (Å²) >= 11 is 1.47. The van der Waals surface area contributed by atoms with E-state index < -0.39 is 0 Å². The highest BCUT2D eigenvalue weighted by molar-refractivity contribution is 7.14. The molecule has 1 heterocycles. The predicted octanol–water partition coefficient (Wildman–Crippen LogP) is 3.13. The lowest BCUT2D eigenvalue weighted by Gasteiger charge is -2.02. The van der Waals surface area contributed by atoms with Crippen molar-refractivity contribution in [3.05, 3.63) is 45.6 Å². The van der Waals surface area contributed by atoms with Gasteiger partial charge >= 0.3 is 0 Å². The molecule has 0 bridgehead atoms. The molecule has 0 radical (unpaired) electrons. The minimum atomic E-state index is -0.340. The molecule has 2 aromatic rings. The third kappa shape index (κ3) is 1.74. The number of nitrogens with two attached hydrogens (primary N) is 1. The maximum atomic E-state index is 11.3. The van der Waals surface area contributed by atoms with Gasteiger partial charge in [-0.1, -0.05) is 30.3 Å². The largest absolute Gasteiger partial charge is 0.365 e. The van der Waals surface area contributed by atoms with Gasteiger partial charge in [-0.15, -0.1) is 11.3 Å². The van der Waals surface area contributed by atoms with Crippen LogP contribution in [-0.4, -0.2) is 5.91 Å². The second kappa shape index (κ2) is 4.10. The number of amides is 1.